The molecular formula is C19H19ClN4OS. The Balaban J connectivity index is 1.68. The van der Waals surface area contributed by atoms with Crippen molar-refractivity contribution in [3.63, 3.8) is 0 Å². The van der Waals surface area contributed by atoms with Crippen LogP contribution in [0.1, 0.15) is 18.3 Å². The monoisotopic (exact) mass is 386 g/mol. The first kappa shape index (κ1) is 18.5. The van der Waals surface area contributed by atoms with Crippen LogP contribution in [0.4, 0.5) is 5.69 Å². The minimum absolute atomic E-state index is 0.106. The highest BCUT2D eigenvalue weighted by molar-refractivity contribution is 7.99. The van der Waals surface area contributed by atoms with E-state index in [-0.39, 0.29) is 11.7 Å². The van der Waals surface area contributed by atoms with Crippen molar-refractivity contribution in [2.75, 3.05) is 11.1 Å². The lowest BCUT2D eigenvalue weighted by molar-refractivity contribution is -0.113. The summed E-state index contributed by atoms with van der Waals surface area (Å²) in [5.74, 6) is 0.925. The summed E-state index contributed by atoms with van der Waals surface area (Å²) in [5, 5.41) is 12.5. The van der Waals surface area contributed by atoms with Crippen LogP contribution >= 0.6 is 23.4 Å². The van der Waals surface area contributed by atoms with Crippen LogP contribution in [0.3, 0.4) is 0 Å². The molecule has 0 aliphatic rings. The quantitative estimate of drug-likeness (QED) is 0.632. The van der Waals surface area contributed by atoms with Gasteiger partial charge in [-0.1, -0.05) is 42.4 Å². The Kier molecular flexibility index (Phi) is 5.96. The highest BCUT2D eigenvalue weighted by Crippen LogP contribution is 2.22. The molecule has 1 amide bonds. The van der Waals surface area contributed by atoms with Gasteiger partial charge in [-0.05, 0) is 55.3 Å². The number of hydrogen-bond donors (Lipinski definition) is 1. The summed E-state index contributed by atoms with van der Waals surface area (Å²) < 4.78 is 1.96. The van der Waals surface area contributed by atoms with E-state index < -0.39 is 0 Å². The summed E-state index contributed by atoms with van der Waals surface area (Å²) in [5.41, 5.74) is 2.98. The molecule has 1 heterocycles. The second kappa shape index (κ2) is 8.38. The number of amides is 1. The molecule has 3 aromatic rings. The molecule has 2 aromatic carbocycles. The number of aromatic nitrogens is 3. The van der Waals surface area contributed by atoms with E-state index in [1.807, 2.05) is 23.6 Å². The molecule has 0 atom stereocenters. The lowest BCUT2D eigenvalue weighted by atomic mass is 10.1. The van der Waals surface area contributed by atoms with Crippen molar-refractivity contribution in [1.29, 1.82) is 0 Å². The van der Waals surface area contributed by atoms with Crippen molar-refractivity contribution in [3.8, 4) is 5.69 Å². The maximum atomic E-state index is 12.2. The molecule has 0 spiro atoms. The summed E-state index contributed by atoms with van der Waals surface area (Å²) in [4.78, 5) is 12.2. The Morgan fingerprint density at radius 3 is 2.46 bits per heavy atom. The van der Waals surface area contributed by atoms with Gasteiger partial charge in [-0.2, -0.15) is 0 Å². The van der Waals surface area contributed by atoms with Gasteiger partial charge < -0.3 is 5.32 Å². The smallest absolute Gasteiger partial charge is 0.234 e. The van der Waals surface area contributed by atoms with Gasteiger partial charge >= 0.3 is 0 Å². The van der Waals surface area contributed by atoms with Crippen molar-refractivity contribution in [1.82, 2.24) is 14.8 Å². The van der Waals surface area contributed by atoms with Crippen molar-refractivity contribution in [2.24, 2.45) is 0 Å². The number of nitrogens with one attached hydrogen (secondary N) is 1. The third-order valence-electron chi connectivity index (χ3n) is 3.86. The van der Waals surface area contributed by atoms with Crippen LogP contribution in [0, 0.1) is 6.92 Å². The fraction of sp³-hybridized carbons (Fsp3) is 0.211. The third kappa shape index (κ3) is 4.45. The molecule has 7 heteroatoms. The van der Waals surface area contributed by atoms with E-state index in [1.54, 1.807) is 24.3 Å². The standard InChI is InChI=1S/C19H19ClN4OS/c1-3-14-4-10-17(11-5-14)24-13(2)22-23-19(24)26-12-18(25)21-16-8-6-15(20)7-9-16/h4-11H,3,12H2,1-2H3,(H,21,25). The summed E-state index contributed by atoms with van der Waals surface area (Å²) >= 11 is 7.21. The van der Waals surface area contributed by atoms with Gasteiger partial charge in [-0.15, -0.1) is 10.2 Å². The predicted molar refractivity (Wildman–Crippen MR) is 106 cm³/mol. The van der Waals surface area contributed by atoms with E-state index in [0.717, 1.165) is 17.9 Å². The van der Waals surface area contributed by atoms with Gasteiger partial charge in [0.05, 0.1) is 5.75 Å². The minimum atomic E-state index is -0.106. The van der Waals surface area contributed by atoms with E-state index in [0.29, 0.717) is 15.9 Å². The molecule has 0 unspecified atom stereocenters. The number of carbonyl (C=O) groups is 1. The minimum Gasteiger partial charge on any atom is -0.325 e. The Bertz CT molecular complexity index is 891. The molecule has 5 nitrogen and oxygen atoms in total. The van der Waals surface area contributed by atoms with E-state index in [4.69, 9.17) is 11.6 Å². The first-order chi connectivity index (χ1) is 12.6. The number of anilines is 1. The van der Waals surface area contributed by atoms with Gasteiger partial charge in [-0.3, -0.25) is 9.36 Å². The molecule has 134 valence electrons. The molecule has 26 heavy (non-hydrogen) atoms. The number of halogens is 1. The summed E-state index contributed by atoms with van der Waals surface area (Å²) in [6.45, 7) is 4.03. The molecule has 0 fully saturated rings. The van der Waals surface area contributed by atoms with Gasteiger partial charge in [0, 0.05) is 16.4 Å². The van der Waals surface area contributed by atoms with E-state index in [2.05, 4.69) is 34.6 Å². The van der Waals surface area contributed by atoms with Crippen LogP contribution in [0.2, 0.25) is 5.02 Å². The zero-order chi connectivity index (χ0) is 18.5. The van der Waals surface area contributed by atoms with Crippen LogP contribution in [0.25, 0.3) is 5.69 Å². The number of carbonyl (C=O) groups excluding carboxylic acids is 1. The molecule has 1 aromatic heterocycles. The van der Waals surface area contributed by atoms with Crippen LogP contribution in [-0.4, -0.2) is 26.4 Å². The average Bonchev–Trinajstić information content (AvgIpc) is 3.02. The number of thioether (sulfide) groups is 1. The van der Waals surface area contributed by atoms with Crippen molar-refractivity contribution in [3.05, 3.63) is 64.9 Å². The summed E-state index contributed by atoms with van der Waals surface area (Å²) in [7, 11) is 0. The van der Waals surface area contributed by atoms with Crippen LogP contribution in [-0.2, 0) is 11.2 Å². The van der Waals surface area contributed by atoms with Crippen LogP contribution in [0.5, 0.6) is 0 Å². The predicted octanol–water partition coefficient (Wildman–Crippen LogP) is 4.52. The molecule has 0 aliphatic heterocycles. The average molecular weight is 387 g/mol. The molecule has 0 saturated carbocycles. The molecule has 0 saturated heterocycles. The van der Waals surface area contributed by atoms with Crippen molar-refractivity contribution in [2.45, 2.75) is 25.4 Å². The Labute approximate surface area is 161 Å². The normalized spacial score (nSPS) is 10.7. The lowest BCUT2D eigenvalue weighted by Gasteiger charge is -2.09. The second-order valence-corrected chi connectivity index (χ2v) is 7.11. The molecule has 3 rings (SSSR count). The van der Waals surface area contributed by atoms with Gasteiger partial charge in [0.2, 0.25) is 5.91 Å². The Morgan fingerprint density at radius 1 is 1.12 bits per heavy atom. The molecular weight excluding hydrogens is 368 g/mol. The first-order valence-electron chi connectivity index (χ1n) is 8.26. The molecule has 0 radical (unpaired) electrons. The van der Waals surface area contributed by atoms with Crippen molar-refractivity contribution < 1.29 is 4.79 Å². The third-order valence-corrected chi connectivity index (χ3v) is 5.04. The topological polar surface area (TPSA) is 59.8 Å². The maximum absolute atomic E-state index is 12.2. The number of rotatable bonds is 6. The lowest BCUT2D eigenvalue weighted by Crippen LogP contribution is -2.14. The fourth-order valence-electron chi connectivity index (χ4n) is 2.47. The number of benzene rings is 2. The van der Waals surface area contributed by atoms with E-state index in [1.165, 1.54) is 17.3 Å². The van der Waals surface area contributed by atoms with Gasteiger partial charge in [0.1, 0.15) is 5.82 Å². The summed E-state index contributed by atoms with van der Waals surface area (Å²) in [6.07, 6.45) is 0.994. The van der Waals surface area contributed by atoms with E-state index >= 15 is 0 Å². The Morgan fingerprint density at radius 2 is 1.81 bits per heavy atom. The number of nitrogens with zero attached hydrogens (tertiary/aromatic N) is 3. The molecule has 1 N–H and O–H groups in total. The zero-order valence-electron chi connectivity index (χ0n) is 14.6. The number of hydrogen-bond acceptors (Lipinski definition) is 4. The van der Waals surface area contributed by atoms with Gasteiger partial charge in [-0.25, -0.2) is 0 Å². The zero-order valence-corrected chi connectivity index (χ0v) is 16.1. The van der Waals surface area contributed by atoms with E-state index in [9.17, 15) is 4.79 Å². The highest BCUT2D eigenvalue weighted by Gasteiger charge is 2.13. The second-order valence-electron chi connectivity index (χ2n) is 5.73. The van der Waals surface area contributed by atoms with Crippen LogP contribution in [0.15, 0.2) is 53.7 Å². The summed E-state index contributed by atoms with van der Waals surface area (Å²) in [6, 6.07) is 15.3. The fourth-order valence-corrected chi connectivity index (χ4v) is 3.40. The number of aryl methyl sites for hydroxylation is 2. The maximum Gasteiger partial charge on any atom is 0.234 e. The van der Waals surface area contributed by atoms with Gasteiger partial charge in [0.25, 0.3) is 0 Å². The van der Waals surface area contributed by atoms with Crippen LogP contribution < -0.4 is 5.32 Å². The molecule has 0 bridgehead atoms. The first-order valence-corrected chi connectivity index (χ1v) is 9.62. The SMILES string of the molecule is CCc1ccc(-n2c(C)nnc2SCC(=O)Nc2ccc(Cl)cc2)cc1. The molecule has 0 aliphatic carbocycles. The van der Waals surface area contributed by atoms with Crippen molar-refractivity contribution >= 4 is 35.0 Å². The Hall–Kier alpha value is -2.31. The van der Waals surface area contributed by atoms with Gasteiger partial charge in [0.15, 0.2) is 5.16 Å². The highest BCUT2D eigenvalue weighted by atomic mass is 35.5. The largest absolute Gasteiger partial charge is 0.325 e.